The Morgan fingerprint density at radius 1 is 0.939 bits per heavy atom. The maximum atomic E-state index is 12.6. The molecule has 33 heavy (non-hydrogen) atoms. The molecule has 2 aromatic carbocycles. The summed E-state index contributed by atoms with van der Waals surface area (Å²) in [5.41, 5.74) is 0.894. The molecule has 0 aliphatic carbocycles. The van der Waals surface area contributed by atoms with E-state index in [-0.39, 0.29) is 22.8 Å². The van der Waals surface area contributed by atoms with Crippen LogP contribution in [-0.2, 0) is 24.3 Å². The first-order valence-corrected chi connectivity index (χ1v) is 12.2. The number of sulfonamides is 1. The second-order valence-corrected chi connectivity index (χ2v) is 8.90. The van der Waals surface area contributed by atoms with E-state index in [0.29, 0.717) is 36.8 Å². The lowest BCUT2D eigenvalue weighted by Gasteiger charge is -2.11. The minimum absolute atomic E-state index is 0.0324. The van der Waals surface area contributed by atoms with Crippen molar-refractivity contribution in [2.24, 2.45) is 0 Å². The van der Waals surface area contributed by atoms with Gasteiger partial charge in [0.15, 0.2) is 5.11 Å². The standard InChI is InChI=1S/C22H27N3O6S2/c1-3-15-31-21(27)14-13-20(26)24-22(32)23-16-7-11-19(12-8-16)33(28,29)25-17-5-9-18(10-6-17)30-4-2/h5-12,25H,3-4,13-15H2,1-2H3,(H2,23,24,26,32). The summed E-state index contributed by atoms with van der Waals surface area (Å²) in [6.07, 6.45) is 0.616. The number of hydrogen-bond acceptors (Lipinski definition) is 7. The van der Waals surface area contributed by atoms with Crippen molar-refractivity contribution in [2.45, 2.75) is 38.0 Å². The number of ether oxygens (including phenoxy) is 2. The molecule has 0 saturated heterocycles. The summed E-state index contributed by atoms with van der Waals surface area (Å²) in [4.78, 5) is 23.4. The summed E-state index contributed by atoms with van der Waals surface area (Å²) in [7, 11) is -3.79. The largest absolute Gasteiger partial charge is 0.494 e. The van der Waals surface area contributed by atoms with E-state index in [0.717, 1.165) is 0 Å². The summed E-state index contributed by atoms with van der Waals surface area (Å²) in [5, 5.41) is 5.29. The van der Waals surface area contributed by atoms with Crippen LogP contribution in [0, 0.1) is 0 Å². The zero-order valence-electron chi connectivity index (χ0n) is 18.4. The molecule has 0 radical (unpaired) electrons. The monoisotopic (exact) mass is 493 g/mol. The minimum Gasteiger partial charge on any atom is -0.494 e. The SMILES string of the molecule is CCCOC(=O)CCC(=O)NC(=S)Nc1ccc(S(=O)(=O)Nc2ccc(OCC)cc2)cc1. The molecule has 178 valence electrons. The summed E-state index contributed by atoms with van der Waals surface area (Å²) in [6, 6.07) is 12.4. The number of benzene rings is 2. The molecule has 0 saturated carbocycles. The molecule has 0 aliphatic rings. The van der Waals surface area contributed by atoms with Gasteiger partial charge < -0.3 is 20.1 Å². The van der Waals surface area contributed by atoms with Crippen LogP contribution in [0.4, 0.5) is 11.4 Å². The number of amides is 1. The number of nitrogens with one attached hydrogen (secondary N) is 3. The van der Waals surface area contributed by atoms with Gasteiger partial charge in [0.2, 0.25) is 5.91 Å². The van der Waals surface area contributed by atoms with Gasteiger partial charge in [-0.15, -0.1) is 0 Å². The molecule has 0 fully saturated rings. The van der Waals surface area contributed by atoms with E-state index >= 15 is 0 Å². The second-order valence-electron chi connectivity index (χ2n) is 6.81. The van der Waals surface area contributed by atoms with E-state index in [2.05, 4.69) is 15.4 Å². The Balaban J connectivity index is 1.87. The van der Waals surface area contributed by atoms with E-state index in [1.165, 1.54) is 24.3 Å². The van der Waals surface area contributed by atoms with Crippen LogP contribution in [0.1, 0.15) is 33.1 Å². The Morgan fingerprint density at radius 3 is 2.18 bits per heavy atom. The molecule has 0 heterocycles. The fraction of sp³-hybridized carbons (Fsp3) is 0.318. The highest BCUT2D eigenvalue weighted by Gasteiger charge is 2.15. The molecule has 0 aliphatic heterocycles. The van der Waals surface area contributed by atoms with Gasteiger partial charge in [0, 0.05) is 17.8 Å². The van der Waals surface area contributed by atoms with Crippen molar-refractivity contribution in [3.63, 3.8) is 0 Å². The number of thiocarbonyl (C=S) groups is 1. The summed E-state index contributed by atoms with van der Waals surface area (Å²) < 4.78 is 38.0. The number of hydrogen-bond donors (Lipinski definition) is 3. The molecule has 0 aromatic heterocycles. The lowest BCUT2D eigenvalue weighted by atomic mass is 10.3. The summed E-state index contributed by atoms with van der Waals surface area (Å²) >= 11 is 5.08. The minimum atomic E-state index is -3.79. The van der Waals surface area contributed by atoms with Crippen molar-refractivity contribution in [2.75, 3.05) is 23.3 Å². The van der Waals surface area contributed by atoms with E-state index in [1.807, 2.05) is 13.8 Å². The smallest absolute Gasteiger partial charge is 0.306 e. The number of anilines is 2. The van der Waals surface area contributed by atoms with Crippen LogP contribution in [0.25, 0.3) is 0 Å². The number of esters is 1. The molecule has 0 unspecified atom stereocenters. The highest BCUT2D eigenvalue weighted by Crippen LogP contribution is 2.20. The molecule has 11 heteroatoms. The number of carbonyl (C=O) groups excluding carboxylic acids is 2. The van der Waals surface area contributed by atoms with Crippen LogP contribution in [0.5, 0.6) is 5.75 Å². The van der Waals surface area contributed by atoms with Gasteiger partial charge in [-0.25, -0.2) is 8.42 Å². The first kappa shape index (κ1) is 26.1. The van der Waals surface area contributed by atoms with Crippen molar-refractivity contribution in [1.82, 2.24) is 5.32 Å². The van der Waals surface area contributed by atoms with Gasteiger partial charge in [-0.2, -0.15) is 0 Å². The normalized spacial score (nSPS) is 10.7. The molecule has 2 aromatic rings. The van der Waals surface area contributed by atoms with Gasteiger partial charge in [0.05, 0.1) is 24.5 Å². The topological polar surface area (TPSA) is 123 Å². The molecule has 3 N–H and O–H groups in total. The van der Waals surface area contributed by atoms with Gasteiger partial charge in [-0.3, -0.25) is 14.3 Å². The quantitative estimate of drug-likeness (QED) is 0.321. The van der Waals surface area contributed by atoms with Crippen LogP contribution < -0.4 is 20.1 Å². The second kappa shape index (κ2) is 12.8. The molecule has 1 amide bonds. The van der Waals surface area contributed by atoms with Gasteiger partial charge >= 0.3 is 5.97 Å². The first-order chi connectivity index (χ1) is 15.7. The third-order valence-corrected chi connectivity index (χ3v) is 5.72. The van der Waals surface area contributed by atoms with Crippen LogP contribution >= 0.6 is 12.2 Å². The predicted octanol–water partition coefficient (Wildman–Crippen LogP) is 3.43. The van der Waals surface area contributed by atoms with E-state index in [9.17, 15) is 18.0 Å². The fourth-order valence-corrected chi connectivity index (χ4v) is 3.86. The molecule has 0 spiro atoms. The average Bonchev–Trinajstić information content (AvgIpc) is 2.78. The molecule has 2 rings (SSSR count). The van der Waals surface area contributed by atoms with Crippen LogP contribution in [0.2, 0.25) is 0 Å². The lowest BCUT2D eigenvalue weighted by molar-refractivity contribution is -0.144. The van der Waals surface area contributed by atoms with E-state index in [1.54, 1.807) is 24.3 Å². The molecule has 9 nitrogen and oxygen atoms in total. The maximum Gasteiger partial charge on any atom is 0.306 e. The van der Waals surface area contributed by atoms with Crippen LogP contribution in [0.15, 0.2) is 53.4 Å². The predicted molar refractivity (Wildman–Crippen MR) is 130 cm³/mol. The van der Waals surface area contributed by atoms with E-state index in [4.69, 9.17) is 21.7 Å². The van der Waals surface area contributed by atoms with E-state index < -0.39 is 21.9 Å². The molecule has 0 bridgehead atoms. The first-order valence-electron chi connectivity index (χ1n) is 10.4. The van der Waals surface area contributed by atoms with Crippen molar-refractivity contribution in [1.29, 1.82) is 0 Å². The third kappa shape index (κ3) is 9.07. The fourth-order valence-electron chi connectivity index (χ4n) is 2.57. The third-order valence-electron chi connectivity index (χ3n) is 4.12. The highest BCUT2D eigenvalue weighted by atomic mass is 32.2. The zero-order valence-corrected chi connectivity index (χ0v) is 20.1. The summed E-state index contributed by atoms with van der Waals surface area (Å²) in [5.74, 6) is -0.225. The van der Waals surface area contributed by atoms with Crippen molar-refractivity contribution >= 4 is 50.6 Å². The molecule has 0 atom stereocenters. The Morgan fingerprint density at radius 2 is 1.58 bits per heavy atom. The van der Waals surface area contributed by atoms with Gasteiger partial charge in [0.1, 0.15) is 5.75 Å². The number of rotatable bonds is 11. The van der Waals surface area contributed by atoms with Gasteiger partial charge in [0.25, 0.3) is 10.0 Å². The molecular weight excluding hydrogens is 466 g/mol. The Bertz CT molecular complexity index is 1050. The van der Waals surface area contributed by atoms with Crippen molar-refractivity contribution in [3.8, 4) is 5.75 Å². The zero-order chi connectivity index (χ0) is 24.3. The van der Waals surface area contributed by atoms with Gasteiger partial charge in [-0.05, 0) is 74.1 Å². The number of carbonyl (C=O) groups is 2. The average molecular weight is 494 g/mol. The molecular formula is C22H27N3O6S2. The maximum absolute atomic E-state index is 12.6. The van der Waals surface area contributed by atoms with Crippen molar-refractivity contribution in [3.05, 3.63) is 48.5 Å². The van der Waals surface area contributed by atoms with Crippen LogP contribution in [-0.4, -0.2) is 38.6 Å². The Hall–Kier alpha value is -3.18. The Labute approximate surface area is 198 Å². The highest BCUT2D eigenvalue weighted by molar-refractivity contribution is 7.92. The van der Waals surface area contributed by atoms with Crippen molar-refractivity contribution < 1.29 is 27.5 Å². The van der Waals surface area contributed by atoms with Gasteiger partial charge in [-0.1, -0.05) is 6.92 Å². The van der Waals surface area contributed by atoms with Crippen LogP contribution in [0.3, 0.4) is 0 Å². The lowest BCUT2D eigenvalue weighted by Crippen LogP contribution is -2.34. The Kier molecular flexibility index (Phi) is 10.1. The summed E-state index contributed by atoms with van der Waals surface area (Å²) in [6.45, 7) is 4.58.